The molecule has 1 aromatic heterocycles. The lowest BCUT2D eigenvalue weighted by Crippen LogP contribution is -2.50. The molecule has 7 heteroatoms. The van der Waals surface area contributed by atoms with E-state index in [4.69, 9.17) is 5.26 Å². The van der Waals surface area contributed by atoms with Gasteiger partial charge in [0.25, 0.3) is 5.91 Å². The number of aromatic amines is 1. The van der Waals surface area contributed by atoms with E-state index in [2.05, 4.69) is 9.88 Å². The van der Waals surface area contributed by atoms with E-state index in [1.54, 1.807) is 12.3 Å². The fourth-order valence-corrected chi connectivity index (χ4v) is 3.73. The number of hydrogen-bond donors (Lipinski definition) is 2. The number of likely N-dealkylation sites (tertiary alicyclic amines) is 2. The lowest BCUT2D eigenvalue weighted by molar-refractivity contribution is -0.144. The van der Waals surface area contributed by atoms with Crippen molar-refractivity contribution >= 4 is 11.9 Å². The Balaban J connectivity index is 1.54. The van der Waals surface area contributed by atoms with Crippen molar-refractivity contribution in [2.24, 2.45) is 5.92 Å². The van der Waals surface area contributed by atoms with Crippen molar-refractivity contribution in [2.75, 3.05) is 26.2 Å². The molecule has 2 aliphatic heterocycles. The summed E-state index contributed by atoms with van der Waals surface area (Å²) in [5.41, 5.74) is 0.912. The zero-order chi connectivity index (χ0) is 17.1. The van der Waals surface area contributed by atoms with E-state index in [1.165, 1.54) is 0 Å². The second kappa shape index (κ2) is 7.05. The van der Waals surface area contributed by atoms with Gasteiger partial charge in [-0.3, -0.25) is 14.5 Å². The average Bonchev–Trinajstić information content (AvgIpc) is 3.10. The third-order valence-electron chi connectivity index (χ3n) is 5.11. The Morgan fingerprint density at radius 2 is 2.00 bits per heavy atom. The molecule has 2 N–H and O–H groups in total. The van der Waals surface area contributed by atoms with Gasteiger partial charge in [0.2, 0.25) is 0 Å². The Bertz CT molecular complexity index is 655. The summed E-state index contributed by atoms with van der Waals surface area (Å²) >= 11 is 0. The Morgan fingerprint density at radius 3 is 2.62 bits per heavy atom. The van der Waals surface area contributed by atoms with Crippen LogP contribution in [0.5, 0.6) is 0 Å². The number of piperidine rings is 2. The first-order chi connectivity index (χ1) is 11.6. The summed E-state index contributed by atoms with van der Waals surface area (Å²) in [6.07, 6.45) is 4.96. The number of carbonyl (C=O) groups is 2. The molecule has 7 nitrogen and oxygen atoms in total. The number of nitriles is 1. The van der Waals surface area contributed by atoms with Crippen molar-refractivity contribution in [3.8, 4) is 6.07 Å². The van der Waals surface area contributed by atoms with E-state index in [0.29, 0.717) is 36.9 Å². The van der Waals surface area contributed by atoms with Crippen molar-refractivity contribution in [1.82, 2.24) is 14.8 Å². The highest BCUT2D eigenvalue weighted by Crippen LogP contribution is 2.24. The minimum Gasteiger partial charge on any atom is -0.481 e. The number of carboxylic acids is 1. The second-order valence-corrected chi connectivity index (χ2v) is 6.61. The molecule has 2 aliphatic rings. The van der Waals surface area contributed by atoms with Gasteiger partial charge in [-0.15, -0.1) is 0 Å². The Labute approximate surface area is 140 Å². The Kier molecular flexibility index (Phi) is 4.86. The fraction of sp³-hybridized carbons (Fsp3) is 0.588. The summed E-state index contributed by atoms with van der Waals surface area (Å²) in [7, 11) is 0. The molecular formula is C17H22N4O3. The number of carboxylic acid groups (broad SMARTS) is 1. The fourth-order valence-electron chi connectivity index (χ4n) is 3.73. The SMILES string of the molecule is N#Cc1c[nH]c(C(=O)N2CCC(N3CCC[C@@H](C(=O)O)C3)CC2)c1. The predicted octanol–water partition coefficient (Wildman–Crippen LogP) is 1.29. The lowest BCUT2D eigenvalue weighted by atomic mass is 9.94. The molecule has 0 unspecified atom stereocenters. The molecule has 3 heterocycles. The van der Waals surface area contributed by atoms with Gasteiger partial charge in [-0.1, -0.05) is 0 Å². The topological polar surface area (TPSA) is 100 Å². The molecule has 128 valence electrons. The van der Waals surface area contributed by atoms with Crippen LogP contribution in [0.4, 0.5) is 0 Å². The highest BCUT2D eigenvalue weighted by Gasteiger charge is 2.32. The van der Waals surface area contributed by atoms with Crippen LogP contribution in [0.3, 0.4) is 0 Å². The molecule has 0 radical (unpaired) electrons. The molecule has 0 aromatic carbocycles. The maximum atomic E-state index is 12.4. The highest BCUT2D eigenvalue weighted by atomic mass is 16.4. The summed E-state index contributed by atoms with van der Waals surface area (Å²) in [6.45, 7) is 2.90. The van der Waals surface area contributed by atoms with Crippen LogP contribution in [-0.2, 0) is 4.79 Å². The number of hydrogen-bond acceptors (Lipinski definition) is 4. The van der Waals surface area contributed by atoms with E-state index in [0.717, 1.165) is 32.2 Å². The van der Waals surface area contributed by atoms with Crippen LogP contribution in [0.2, 0.25) is 0 Å². The maximum absolute atomic E-state index is 12.4. The molecular weight excluding hydrogens is 308 g/mol. The molecule has 0 aliphatic carbocycles. The van der Waals surface area contributed by atoms with Gasteiger partial charge < -0.3 is 15.0 Å². The van der Waals surface area contributed by atoms with Gasteiger partial charge in [0.15, 0.2) is 0 Å². The quantitative estimate of drug-likeness (QED) is 0.870. The van der Waals surface area contributed by atoms with Crippen molar-refractivity contribution in [1.29, 1.82) is 5.26 Å². The highest BCUT2D eigenvalue weighted by molar-refractivity contribution is 5.92. The van der Waals surface area contributed by atoms with Crippen LogP contribution in [0.25, 0.3) is 0 Å². The summed E-state index contributed by atoms with van der Waals surface area (Å²) in [6, 6.07) is 3.95. The zero-order valence-corrected chi connectivity index (χ0v) is 13.6. The van der Waals surface area contributed by atoms with E-state index >= 15 is 0 Å². The minimum absolute atomic E-state index is 0.0722. The summed E-state index contributed by atoms with van der Waals surface area (Å²) in [5.74, 6) is -1.04. The van der Waals surface area contributed by atoms with Gasteiger partial charge in [0.05, 0.1) is 11.5 Å². The lowest BCUT2D eigenvalue weighted by Gasteiger charge is -2.41. The van der Waals surface area contributed by atoms with Crippen molar-refractivity contribution in [3.63, 3.8) is 0 Å². The first-order valence-corrected chi connectivity index (χ1v) is 8.43. The molecule has 0 bridgehead atoms. The number of aromatic nitrogens is 1. The third kappa shape index (κ3) is 3.44. The zero-order valence-electron chi connectivity index (χ0n) is 13.6. The number of amides is 1. The summed E-state index contributed by atoms with van der Waals surface area (Å²) in [5, 5.41) is 18.1. The molecule has 3 rings (SSSR count). The van der Waals surface area contributed by atoms with Crippen LogP contribution in [0, 0.1) is 17.2 Å². The second-order valence-electron chi connectivity index (χ2n) is 6.61. The van der Waals surface area contributed by atoms with Crippen LogP contribution in [-0.4, -0.2) is 64.0 Å². The molecule has 0 spiro atoms. The molecule has 2 saturated heterocycles. The average molecular weight is 330 g/mol. The molecule has 2 fully saturated rings. The van der Waals surface area contributed by atoms with Crippen LogP contribution < -0.4 is 0 Å². The monoisotopic (exact) mass is 330 g/mol. The summed E-state index contributed by atoms with van der Waals surface area (Å²) in [4.78, 5) is 30.6. The largest absolute Gasteiger partial charge is 0.481 e. The number of nitrogens with one attached hydrogen (secondary N) is 1. The van der Waals surface area contributed by atoms with Crippen LogP contribution in [0.1, 0.15) is 41.7 Å². The van der Waals surface area contributed by atoms with Gasteiger partial charge >= 0.3 is 5.97 Å². The van der Waals surface area contributed by atoms with Gasteiger partial charge in [0.1, 0.15) is 11.8 Å². The van der Waals surface area contributed by atoms with Crippen molar-refractivity contribution in [3.05, 3.63) is 23.5 Å². The van der Waals surface area contributed by atoms with E-state index in [-0.39, 0.29) is 11.8 Å². The van der Waals surface area contributed by atoms with E-state index in [1.807, 2.05) is 11.0 Å². The number of carbonyl (C=O) groups excluding carboxylic acids is 1. The van der Waals surface area contributed by atoms with Crippen molar-refractivity contribution < 1.29 is 14.7 Å². The molecule has 0 saturated carbocycles. The van der Waals surface area contributed by atoms with Gasteiger partial charge in [-0.05, 0) is 38.3 Å². The number of aliphatic carboxylic acids is 1. The van der Waals surface area contributed by atoms with E-state index < -0.39 is 5.97 Å². The van der Waals surface area contributed by atoms with Crippen molar-refractivity contribution in [2.45, 2.75) is 31.7 Å². The van der Waals surface area contributed by atoms with Crippen LogP contribution >= 0.6 is 0 Å². The maximum Gasteiger partial charge on any atom is 0.307 e. The van der Waals surface area contributed by atoms with E-state index in [9.17, 15) is 14.7 Å². The smallest absolute Gasteiger partial charge is 0.307 e. The molecule has 1 amide bonds. The summed E-state index contributed by atoms with van der Waals surface area (Å²) < 4.78 is 0. The van der Waals surface area contributed by atoms with Crippen LogP contribution in [0.15, 0.2) is 12.3 Å². The molecule has 1 atom stereocenters. The molecule has 24 heavy (non-hydrogen) atoms. The first-order valence-electron chi connectivity index (χ1n) is 8.43. The number of H-pyrrole nitrogens is 1. The van der Waals surface area contributed by atoms with Gasteiger partial charge in [-0.2, -0.15) is 5.26 Å². The third-order valence-corrected chi connectivity index (χ3v) is 5.11. The predicted molar refractivity (Wildman–Crippen MR) is 86.4 cm³/mol. The standard InChI is InChI=1S/C17H22N4O3/c18-9-12-8-15(19-10-12)16(22)20-6-3-14(4-7-20)21-5-1-2-13(11-21)17(23)24/h8,10,13-14,19H,1-7,11H2,(H,23,24)/t13-/m1/s1. The molecule has 1 aromatic rings. The Morgan fingerprint density at radius 1 is 1.25 bits per heavy atom. The number of nitrogens with zero attached hydrogens (tertiary/aromatic N) is 3. The van der Waals surface area contributed by atoms with Gasteiger partial charge in [0, 0.05) is 31.9 Å². The normalized spacial score (nSPS) is 23.0. The van der Waals surface area contributed by atoms with Gasteiger partial charge in [-0.25, -0.2) is 0 Å². The first kappa shape index (κ1) is 16.5. The number of rotatable bonds is 3. The Hall–Kier alpha value is -2.33. The minimum atomic E-state index is -0.702.